The number of anilines is 2. The van der Waals surface area contributed by atoms with E-state index in [-0.39, 0.29) is 0 Å². The fourth-order valence-corrected chi connectivity index (χ4v) is 6.82. The van der Waals surface area contributed by atoms with Crippen LogP contribution in [0.4, 0.5) is 11.4 Å². The topological polar surface area (TPSA) is 8.17 Å². The molecule has 6 rings (SSSR count). The van der Waals surface area contributed by atoms with Crippen LogP contribution in [0.3, 0.4) is 0 Å². The van der Waals surface area contributed by atoms with Crippen molar-refractivity contribution in [2.75, 3.05) is 4.90 Å². The van der Waals surface area contributed by atoms with Gasteiger partial charge in [0.25, 0.3) is 0 Å². The van der Waals surface area contributed by atoms with Gasteiger partial charge in [-0.1, -0.05) is 187 Å². The van der Waals surface area contributed by atoms with E-state index in [4.69, 9.17) is 0 Å². The maximum Gasteiger partial charge on any atom is 0.0597 e. The van der Waals surface area contributed by atoms with Crippen LogP contribution in [0, 0.1) is 0 Å². The lowest BCUT2D eigenvalue weighted by molar-refractivity contribution is 1.15. The summed E-state index contributed by atoms with van der Waals surface area (Å²) in [5.74, 6) is 0. The molecule has 276 valence electrons. The Bertz CT molecular complexity index is 2160. The summed E-state index contributed by atoms with van der Waals surface area (Å²) in [6.45, 7) is 25.7. The monoisotopic (exact) mass is 728 g/mol. The number of hydrogen-bond donors (Lipinski definition) is 0. The molecule has 0 saturated heterocycles. The summed E-state index contributed by atoms with van der Waals surface area (Å²) in [6.07, 6.45) is 15.6. The summed E-state index contributed by atoms with van der Waals surface area (Å²) in [7, 11) is 0. The minimum atomic E-state index is 1.04. The maximum atomic E-state index is 4.23. The Hall–Kier alpha value is -5.77. The van der Waals surface area contributed by atoms with E-state index in [0.717, 1.165) is 32.6 Å². The van der Waals surface area contributed by atoms with Crippen molar-refractivity contribution in [2.24, 2.45) is 0 Å². The zero-order chi connectivity index (χ0) is 39.3. The number of rotatable bonds is 11. The summed E-state index contributed by atoms with van der Waals surface area (Å²) < 4.78 is 2.37. The molecular formula is C51H56N2S. The third kappa shape index (κ3) is 10.7. The van der Waals surface area contributed by atoms with E-state index in [1.54, 1.807) is 17.8 Å². The van der Waals surface area contributed by atoms with Gasteiger partial charge in [-0.2, -0.15) is 0 Å². The minimum absolute atomic E-state index is 1.04. The zero-order valence-corrected chi connectivity index (χ0v) is 34.0. The van der Waals surface area contributed by atoms with E-state index < -0.39 is 0 Å². The van der Waals surface area contributed by atoms with Crippen LogP contribution in [0.5, 0.6) is 0 Å². The first-order chi connectivity index (χ1) is 26.5. The lowest BCUT2D eigenvalue weighted by Gasteiger charge is -2.29. The summed E-state index contributed by atoms with van der Waals surface area (Å²) in [5.41, 5.74) is 9.01. The van der Waals surface area contributed by atoms with Crippen molar-refractivity contribution in [3.05, 3.63) is 211 Å². The molecule has 0 aliphatic rings. The molecule has 0 unspecified atom stereocenters. The van der Waals surface area contributed by atoms with Gasteiger partial charge in [0.2, 0.25) is 0 Å². The smallest absolute Gasteiger partial charge is 0.0597 e. The largest absolute Gasteiger partial charge is 0.309 e. The molecule has 0 bridgehead atoms. The summed E-state index contributed by atoms with van der Waals surface area (Å²) in [5, 5.41) is 2.49. The molecule has 1 aromatic heterocycles. The zero-order valence-electron chi connectivity index (χ0n) is 33.2. The van der Waals surface area contributed by atoms with Crippen LogP contribution in [-0.2, 0) is 0 Å². The molecular weight excluding hydrogens is 673 g/mol. The molecule has 3 heteroatoms. The molecule has 0 aliphatic heterocycles. The van der Waals surface area contributed by atoms with Crippen LogP contribution in [0.25, 0.3) is 38.6 Å². The number of nitrogens with zero attached hydrogens (tertiary/aromatic N) is 2. The van der Waals surface area contributed by atoms with Crippen molar-refractivity contribution < 1.29 is 0 Å². The summed E-state index contributed by atoms with van der Waals surface area (Å²) in [6, 6.07) is 45.4. The normalized spacial score (nSPS) is 11.4. The average Bonchev–Trinajstić information content (AvgIpc) is 3.57. The van der Waals surface area contributed by atoms with E-state index >= 15 is 0 Å². The lowest BCUT2D eigenvalue weighted by atomic mass is 10.0. The SMILES string of the molecule is C=C/C=C(\C)S/C(C=C)=C(/C=C\C)N(c1ccc(-c2ccccc2)cc1)c1cccc(-n2c3ccccc3c3ccccc32)c1.C=C/C=C\C.CC.CC. The number of benzene rings is 5. The number of para-hydroxylation sites is 2. The first-order valence-electron chi connectivity index (χ1n) is 18.8. The maximum absolute atomic E-state index is 4.23. The van der Waals surface area contributed by atoms with Crippen molar-refractivity contribution >= 4 is 44.9 Å². The van der Waals surface area contributed by atoms with Gasteiger partial charge in [-0.05, 0) is 85.3 Å². The van der Waals surface area contributed by atoms with Crippen molar-refractivity contribution in [1.82, 2.24) is 4.57 Å². The predicted octanol–water partition coefficient (Wildman–Crippen LogP) is 16.2. The highest BCUT2D eigenvalue weighted by Gasteiger charge is 2.19. The van der Waals surface area contributed by atoms with Crippen molar-refractivity contribution in [1.29, 1.82) is 0 Å². The van der Waals surface area contributed by atoms with Gasteiger partial charge in [-0.3, -0.25) is 0 Å². The van der Waals surface area contributed by atoms with Gasteiger partial charge in [0.05, 0.1) is 16.7 Å². The van der Waals surface area contributed by atoms with Gasteiger partial charge in [0, 0.05) is 32.7 Å². The molecule has 2 nitrogen and oxygen atoms in total. The van der Waals surface area contributed by atoms with E-state index in [9.17, 15) is 0 Å². The molecule has 0 fully saturated rings. The molecule has 0 atom stereocenters. The van der Waals surface area contributed by atoms with Crippen LogP contribution < -0.4 is 4.90 Å². The van der Waals surface area contributed by atoms with Gasteiger partial charge in [0.15, 0.2) is 0 Å². The Morgan fingerprint density at radius 1 is 0.611 bits per heavy atom. The molecule has 0 amide bonds. The predicted molar refractivity (Wildman–Crippen MR) is 246 cm³/mol. The molecule has 0 aliphatic carbocycles. The summed E-state index contributed by atoms with van der Waals surface area (Å²) >= 11 is 1.69. The number of fused-ring (bicyclic) bond motifs is 3. The van der Waals surface area contributed by atoms with Crippen LogP contribution in [0.1, 0.15) is 48.5 Å². The van der Waals surface area contributed by atoms with Gasteiger partial charge >= 0.3 is 0 Å². The van der Waals surface area contributed by atoms with E-state index in [0.29, 0.717) is 0 Å². The first-order valence-corrected chi connectivity index (χ1v) is 19.6. The van der Waals surface area contributed by atoms with Crippen LogP contribution >= 0.6 is 11.8 Å². The molecule has 0 radical (unpaired) electrons. The Morgan fingerprint density at radius 3 is 1.70 bits per heavy atom. The molecule has 0 spiro atoms. The fourth-order valence-electron chi connectivity index (χ4n) is 5.97. The quantitative estimate of drug-likeness (QED) is 0.123. The van der Waals surface area contributed by atoms with Gasteiger partial charge in [-0.15, -0.1) is 0 Å². The summed E-state index contributed by atoms with van der Waals surface area (Å²) in [4.78, 5) is 4.52. The minimum Gasteiger partial charge on any atom is -0.309 e. The van der Waals surface area contributed by atoms with Crippen LogP contribution in [0.2, 0.25) is 0 Å². The van der Waals surface area contributed by atoms with Crippen molar-refractivity contribution in [3.63, 3.8) is 0 Å². The van der Waals surface area contributed by atoms with E-state index in [1.807, 2.05) is 65.0 Å². The highest BCUT2D eigenvalue weighted by Crippen LogP contribution is 2.40. The molecule has 6 aromatic rings. The molecule has 0 saturated carbocycles. The highest BCUT2D eigenvalue weighted by molar-refractivity contribution is 8.06. The van der Waals surface area contributed by atoms with Crippen LogP contribution in [-0.4, -0.2) is 4.57 Å². The van der Waals surface area contributed by atoms with E-state index in [2.05, 4.69) is 183 Å². The van der Waals surface area contributed by atoms with Crippen molar-refractivity contribution in [2.45, 2.75) is 48.5 Å². The second-order valence-electron chi connectivity index (χ2n) is 11.5. The average molecular weight is 729 g/mol. The molecule has 54 heavy (non-hydrogen) atoms. The Morgan fingerprint density at radius 2 is 1.19 bits per heavy atom. The first kappa shape index (κ1) is 42.6. The second kappa shape index (κ2) is 23.0. The Kier molecular flexibility index (Phi) is 18.2. The molecule has 0 N–H and O–H groups in total. The molecule has 5 aromatic carbocycles. The van der Waals surface area contributed by atoms with Crippen LogP contribution in [0.15, 0.2) is 211 Å². The number of hydrogen-bond acceptors (Lipinski definition) is 2. The third-order valence-electron chi connectivity index (χ3n) is 8.11. The van der Waals surface area contributed by atoms with Gasteiger partial charge in [-0.25, -0.2) is 0 Å². The second-order valence-corrected chi connectivity index (χ2v) is 12.8. The number of aromatic nitrogens is 1. The number of allylic oxidation sites excluding steroid dienone is 9. The lowest BCUT2D eigenvalue weighted by Crippen LogP contribution is -2.17. The standard InChI is InChI=1S/C42H36N2S.C5H8.2C2H6/c1-5-16-31(4)45-42(7-3)41(17-6-2)43(34-28-26-33(27-29-34)32-18-9-8-10-19-32)35-20-15-21-36(30-35)44-39-24-13-11-22-37(39)38-23-12-14-25-40(38)44;1-3-5-4-2;2*1-2/h5-30H,1,3H2,2,4H3;3-5H,1H2,2H3;2*1-2H3/b17-6-,31-16+,42-41-;5-4-;;. The Balaban J connectivity index is 0.000000795. The third-order valence-corrected chi connectivity index (χ3v) is 9.17. The van der Waals surface area contributed by atoms with E-state index in [1.165, 1.54) is 32.9 Å². The van der Waals surface area contributed by atoms with Gasteiger partial charge < -0.3 is 9.47 Å². The number of thioether (sulfide) groups is 1. The highest BCUT2D eigenvalue weighted by atomic mass is 32.2. The molecule has 1 heterocycles. The Labute approximate surface area is 329 Å². The fraction of sp³-hybridized carbons (Fsp3) is 0.137. The van der Waals surface area contributed by atoms with Gasteiger partial charge in [0.1, 0.15) is 0 Å². The van der Waals surface area contributed by atoms with Crippen molar-refractivity contribution in [3.8, 4) is 16.8 Å².